The normalized spacial score (nSPS) is 10.3. The van der Waals surface area contributed by atoms with Gasteiger partial charge in [0, 0.05) is 18.4 Å². The molecule has 6 heteroatoms. The first-order chi connectivity index (χ1) is 10.0. The maximum atomic E-state index is 14.1. The van der Waals surface area contributed by atoms with E-state index in [-0.39, 0.29) is 17.1 Å². The molecule has 0 spiro atoms. The van der Waals surface area contributed by atoms with E-state index in [1.54, 1.807) is 19.9 Å². The summed E-state index contributed by atoms with van der Waals surface area (Å²) in [5, 5.41) is 5.20. The van der Waals surface area contributed by atoms with Crippen molar-refractivity contribution in [3.63, 3.8) is 0 Å². The number of nitrogens with zero attached hydrogens (tertiary/aromatic N) is 1. The Hall–Kier alpha value is -2.50. The van der Waals surface area contributed by atoms with Gasteiger partial charge < -0.3 is 10.6 Å². The van der Waals surface area contributed by atoms with Crippen LogP contribution in [0.25, 0.3) is 0 Å². The van der Waals surface area contributed by atoms with Crippen LogP contribution in [0, 0.1) is 18.6 Å². The van der Waals surface area contributed by atoms with Gasteiger partial charge in [-0.3, -0.25) is 4.79 Å². The van der Waals surface area contributed by atoms with Crippen molar-refractivity contribution < 1.29 is 13.6 Å². The lowest BCUT2D eigenvalue weighted by molar-refractivity contribution is 0.102. The fourth-order valence-electron chi connectivity index (χ4n) is 1.92. The second-order valence-electron chi connectivity index (χ2n) is 4.52. The van der Waals surface area contributed by atoms with Crippen LogP contribution in [0.15, 0.2) is 30.5 Å². The van der Waals surface area contributed by atoms with Crippen LogP contribution in [0.2, 0.25) is 0 Å². The maximum absolute atomic E-state index is 14.1. The molecule has 0 aliphatic rings. The van der Waals surface area contributed by atoms with Gasteiger partial charge in [-0.25, -0.2) is 13.8 Å². The smallest absolute Gasteiger partial charge is 0.258 e. The van der Waals surface area contributed by atoms with Crippen LogP contribution in [0.3, 0.4) is 0 Å². The van der Waals surface area contributed by atoms with Crippen molar-refractivity contribution in [2.75, 3.05) is 17.2 Å². The molecule has 0 atom stereocenters. The number of halogens is 2. The Morgan fingerprint density at radius 2 is 2.05 bits per heavy atom. The Balaban J connectivity index is 2.26. The lowest BCUT2D eigenvalue weighted by Gasteiger charge is -2.09. The summed E-state index contributed by atoms with van der Waals surface area (Å²) in [6.45, 7) is 3.98. The minimum atomic E-state index is -0.732. The van der Waals surface area contributed by atoms with E-state index < -0.39 is 17.5 Å². The summed E-state index contributed by atoms with van der Waals surface area (Å²) >= 11 is 0. The lowest BCUT2D eigenvalue weighted by Crippen LogP contribution is -2.16. The molecule has 2 rings (SSSR count). The summed E-state index contributed by atoms with van der Waals surface area (Å²) in [4.78, 5) is 15.9. The fourth-order valence-corrected chi connectivity index (χ4v) is 1.92. The van der Waals surface area contributed by atoms with E-state index in [9.17, 15) is 13.6 Å². The van der Waals surface area contributed by atoms with Crippen molar-refractivity contribution in [1.82, 2.24) is 4.98 Å². The quantitative estimate of drug-likeness (QED) is 0.908. The first-order valence-electron chi connectivity index (χ1n) is 6.48. The minimum absolute atomic E-state index is 0.0144. The van der Waals surface area contributed by atoms with Crippen LogP contribution < -0.4 is 10.6 Å². The molecule has 0 unspecified atom stereocenters. The van der Waals surface area contributed by atoms with Crippen molar-refractivity contribution in [2.45, 2.75) is 13.8 Å². The van der Waals surface area contributed by atoms with E-state index in [4.69, 9.17) is 0 Å². The van der Waals surface area contributed by atoms with Gasteiger partial charge in [-0.15, -0.1) is 0 Å². The maximum Gasteiger partial charge on any atom is 0.258 e. The number of amides is 1. The van der Waals surface area contributed by atoms with E-state index in [0.717, 1.165) is 0 Å². The fraction of sp³-hybridized carbons (Fsp3) is 0.200. The largest absolute Gasteiger partial charge is 0.368 e. The zero-order chi connectivity index (χ0) is 15.4. The van der Waals surface area contributed by atoms with Crippen LogP contribution in [-0.2, 0) is 0 Å². The third kappa shape index (κ3) is 3.53. The number of benzene rings is 1. The lowest BCUT2D eigenvalue weighted by atomic mass is 10.2. The molecule has 0 saturated carbocycles. The number of nitrogens with one attached hydrogen (secondary N) is 2. The van der Waals surface area contributed by atoms with E-state index in [1.807, 2.05) is 0 Å². The van der Waals surface area contributed by atoms with E-state index >= 15 is 0 Å². The van der Waals surface area contributed by atoms with Gasteiger partial charge in [-0.1, -0.05) is 0 Å². The monoisotopic (exact) mass is 291 g/mol. The van der Waals surface area contributed by atoms with Crippen molar-refractivity contribution in [3.8, 4) is 0 Å². The molecule has 2 N–H and O–H groups in total. The Kier molecular flexibility index (Phi) is 4.47. The summed E-state index contributed by atoms with van der Waals surface area (Å²) in [7, 11) is 0. The van der Waals surface area contributed by atoms with Gasteiger partial charge in [0.05, 0.1) is 5.56 Å². The van der Waals surface area contributed by atoms with Crippen molar-refractivity contribution in [1.29, 1.82) is 0 Å². The second kappa shape index (κ2) is 6.30. The van der Waals surface area contributed by atoms with Crippen molar-refractivity contribution in [3.05, 3.63) is 53.2 Å². The van der Waals surface area contributed by atoms with Gasteiger partial charge in [-0.05, 0) is 43.7 Å². The highest BCUT2D eigenvalue weighted by atomic mass is 19.1. The highest BCUT2D eigenvalue weighted by Crippen LogP contribution is 2.18. The van der Waals surface area contributed by atoms with E-state index in [0.29, 0.717) is 12.1 Å². The van der Waals surface area contributed by atoms with Gasteiger partial charge >= 0.3 is 0 Å². The first kappa shape index (κ1) is 14.9. The number of rotatable bonds is 4. The van der Waals surface area contributed by atoms with Crippen molar-refractivity contribution >= 4 is 17.4 Å². The van der Waals surface area contributed by atoms with Crippen molar-refractivity contribution in [2.24, 2.45) is 0 Å². The molecular weight excluding hydrogens is 276 g/mol. The molecule has 1 aromatic carbocycles. The van der Waals surface area contributed by atoms with Crippen LogP contribution in [-0.4, -0.2) is 17.4 Å². The molecule has 1 amide bonds. The standard InChI is InChI=1S/C15H15F2N3O/c1-3-18-14-13(17)12(4-5-19-14)15(21)20-11-7-9(2)6-10(16)8-11/h4-8H,3H2,1-2H3,(H,18,19)(H,20,21). The molecule has 0 aliphatic heterocycles. The number of carbonyl (C=O) groups is 1. The third-order valence-corrected chi connectivity index (χ3v) is 2.78. The molecule has 0 aliphatic carbocycles. The molecule has 2 aromatic rings. The Morgan fingerprint density at radius 3 is 2.71 bits per heavy atom. The Bertz CT molecular complexity index is 654. The van der Waals surface area contributed by atoms with Gasteiger partial charge in [0.25, 0.3) is 5.91 Å². The molecule has 0 bridgehead atoms. The molecule has 110 valence electrons. The average molecular weight is 291 g/mol. The number of aryl methyl sites for hydroxylation is 1. The number of hydrogen-bond donors (Lipinski definition) is 2. The molecule has 1 aromatic heterocycles. The van der Waals surface area contributed by atoms with Crippen LogP contribution in [0.1, 0.15) is 22.8 Å². The number of carbonyl (C=O) groups excluding carboxylic acids is 1. The zero-order valence-electron chi connectivity index (χ0n) is 11.7. The Morgan fingerprint density at radius 1 is 1.29 bits per heavy atom. The zero-order valence-corrected chi connectivity index (χ0v) is 11.7. The molecule has 1 heterocycles. The second-order valence-corrected chi connectivity index (χ2v) is 4.52. The van der Waals surface area contributed by atoms with Gasteiger partial charge in [0.1, 0.15) is 5.82 Å². The Labute approximate surface area is 121 Å². The molecule has 21 heavy (non-hydrogen) atoms. The predicted octanol–water partition coefficient (Wildman–Crippen LogP) is 3.35. The highest BCUT2D eigenvalue weighted by Gasteiger charge is 2.16. The summed E-state index contributed by atoms with van der Waals surface area (Å²) in [5.74, 6) is -1.83. The molecule has 0 radical (unpaired) electrons. The minimum Gasteiger partial charge on any atom is -0.368 e. The first-order valence-corrected chi connectivity index (χ1v) is 6.48. The third-order valence-electron chi connectivity index (χ3n) is 2.78. The van der Waals surface area contributed by atoms with E-state index in [2.05, 4.69) is 15.6 Å². The number of hydrogen-bond acceptors (Lipinski definition) is 3. The topological polar surface area (TPSA) is 54.0 Å². The molecule has 0 saturated heterocycles. The molecule has 4 nitrogen and oxygen atoms in total. The summed E-state index contributed by atoms with van der Waals surface area (Å²) in [6.07, 6.45) is 1.34. The van der Waals surface area contributed by atoms with Crippen LogP contribution in [0.5, 0.6) is 0 Å². The highest BCUT2D eigenvalue weighted by molar-refractivity contribution is 6.04. The van der Waals surface area contributed by atoms with Crippen LogP contribution >= 0.6 is 0 Å². The van der Waals surface area contributed by atoms with Gasteiger partial charge in [0.2, 0.25) is 0 Å². The van der Waals surface area contributed by atoms with Gasteiger partial charge in [-0.2, -0.15) is 0 Å². The number of pyridine rings is 1. The number of anilines is 2. The summed E-state index contributed by atoms with van der Waals surface area (Å²) in [5.41, 5.74) is 0.787. The summed E-state index contributed by atoms with van der Waals surface area (Å²) < 4.78 is 27.4. The molecule has 0 fully saturated rings. The summed E-state index contributed by atoms with van der Waals surface area (Å²) in [6, 6.07) is 5.39. The van der Waals surface area contributed by atoms with Gasteiger partial charge in [0.15, 0.2) is 11.6 Å². The SMILES string of the molecule is CCNc1nccc(C(=O)Nc2cc(C)cc(F)c2)c1F. The van der Waals surface area contributed by atoms with E-state index in [1.165, 1.54) is 24.4 Å². The predicted molar refractivity (Wildman–Crippen MR) is 77.4 cm³/mol. The number of aromatic nitrogens is 1. The van der Waals surface area contributed by atoms with Crippen LogP contribution in [0.4, 0.5) is 20.3 Å². The molecular formula is C15H15F2N3O. The average Bonchev–Trinajstić information content (AvgIpc) is 2.40.